The summed E-state index contributed by atoms with van der Waals surface area (Å²) in [6, 6.07) is 34.1. The summed E-state index contributed by atoms with van der Waals surface area (Å²) in [6.07, 6.45) is 7.28. The number of rotatable bonds is 22. The number of fused-ring (bicyclic) bond motifs is 6. The highest BCUT2D eigenvalue weighted by molar-refractivity contribution is 6.07. The minimum atomic E-state index is -1.05. The van der Waals surface area contributed by atoms with Gasteiger partial charge in [-0.15, -0.1) is 0 Å². The van der Waals surface area contributed by atoms with Crippen LogP contribution in [0.25, 0.3) is 0 Å². The largest absolute Gasteiger partial charge is 0.480 e. The number of pyridine rings is 4. The summed E-state index contributed by atoms with van der Waals surface area (Å²) in [5.74, 6) is -1.16. The Kier molecular flexibility index (Phi) is 24.2. The molecule has 6 heterocycles. The maximum atomic E-state index is 13.4. The molecule has 2 aliphatic carbocycles. The fraction of sp³-hybridized carbons (Fsp3) is 0.410. The number of carboxylic acid groups (broad SMARTS) is 1. The molecule has 2 spiro atoms. The summed E-state index contributed by atoms with van der Waals surface area (Å²) in [4.78, 5) is 125. The van der Waals surface area contributed by atoms with Gasteiger partial charge < -0.3 is 65.3 Å². The van der Waals surface area contributed by atoms with E-state index in [0.717, 1.165) is 67.0 Å². The van der Waals surface area contributed by atoms with Gasteiger partial charge in [0.2, 0.25) is 41.4 Å². The fourth-order valence-electron chi connectivity index (χ4n) is 13.5. The lowest BCUT2D eigenvalue weighted by molar-refractivity contribution is -0.149. The Morgan fingerprint density at radius 1 is 0.495 bits per heavy atom. The number of aliphatic carboxylic acids is 1. The Hall–Kier alpha value is -10.2. The topological polar surface area (TPSA) is 315 Å². The summed E-state index contributed by atoms with van der Waals surface area (Å²) >= 11 is 0. The number of carbonyl (C=O) groups is 8. The minimum absolute atomic E-state index is 0.0744. The van der Waals surface area contributed by atoms with Gasteiger partial charge in [0.05, 0.1) is 34.6 Å². The average molecular weight is 1410 g/mol. The van der Waals surface area contributed by atoms with E-state index in [2.05, 4.69) is 46.5 Å². The van der Waals surface area contributed by atoms with E-state index in [1.807, 2.05) is 158 Å². The van der Waals surface area contributed by atoms with E-state index < -0.39 is 45.6 Å². The van der Waals surface area contributed by atoms with Gasteiger partial charge in [-0.1, -0.05) is 147 Å². The Morgan fingerprint density at radius 3 is 1.22 bits per heavy atom. The van der Waals surface area contributed by atoms with Gasteiger partial charge in [0.1, 0.15) is 31.3 Å². The first kappa shape index (κ1) is 77.0. The maximum Gasteiger partial charge on any atom is 0.323 e. The number of hydrogen-bond acceptors (Lipinski definition) is 17. The number of amides is 7. The normalized spacial score (nSPS) is 16.1. The third kappa shape index (κ3) is 17.8. The van der Waals surface area contributed by atoms with Gasteiger partial charge in [0.25, 0.3) is 0 Å². The Bertz CT molecular complexity index is 4310. The molecule has 6 N–H and O–H groups in total. The molecule has 11 rings (SSSR count). The van der Waals surface area contributed by atoms with Crippen molar-refractivity contribution in [1.82, 2.24) is 40.0 Å². The monoisotopic (exact) mass is 1410 g/mol. The first-order valence-electron chi connectivity index (χ1n) is 34.0. The van der Waals surface area contributed by atoms with Crippen LogP contribution in [0.15, 0.2) is 134 Å². The summed E-state index contributed by atoms with van der Waals surface area (Å²) in [5.41, 5.74) is 8.06. The second kappa shape index (κ2) is 32.4. The number of hydrogen-bond donors (Lipinski definition) is 6. The minimum Gasteiger partial charge on any atom is -0.480 e. The number of benzene rings is 3. The van der Waals surface area contributed by atoms with Crippen molar-refractivity contribution in [2.24, 2.45) is 16.2 Å². The Balaban J connectivity index is 0.000000187. The lowest BCUT2D eigenvalue weighted by atomic mass is 9.80. The third-order valence-electron chi connectivity index (χ3n) is 18.4. The standard InChI is InChI=1S/C31H35N5O5.C30H34N6O3.C17H25NO5/c1-30(2,3)29(39)36(17-19-9-6-7-10-22(19)27(40-4)41-5)18-25(37)34-21-13-20-14-31(15-24(20)33-16-21)23-11-8-12-32-26(23)35-28(31)38;1-29(2,3)28(39)36(17-20-9-6-5-8-19(20)15-31-4)18-25(37)34-22-12-21-13-30(14-24(21)33-16-22)23-10-7-11-32-26(23)35-27(30)38;1-17(2,3)16(21)18(11-14(19)20)10-12-8-6-7-9-13(12)15(22-4)23-5/h6-13,16,27H,14-15,17-18H2,1-5H3,(H,34,37)(H,32,35,38);5-12,16,31H,13-15,17-18H2,1-4H3,(H,34,37)(H,32,35,38);6-9,15H,10-11H2,1-5H3,(H,19,20). The van der Waals surface area contributed by atoms with Gasteiger partial charge in [0.15, 0.2) is 12.6 Å². The van der Waals surface area contributed by atoms with Crippen LogP contribution in [-0.4, -0.2) is 142 Å². The number of carboxylic acids is 1. The van der Waals surface area contributed by atoms with Crippen molar-refractivity contribution in [2.75, 3.05) is 76.4 Å². The predicted molar refractivity (Wildman–Crippen MR) is 387 cm³/mol. The molecule has 2 atom stereocenters. The van der Waals surface area contributed by atoms with E-state index >= 15 is 0 Å². The molecule has 0 bridgehead atoms. The zero-order valence-corrected chi connectivity index (χ0v) is 61.1. The number of aromatic nitrogens is 4. The molecule has 0 radical (unpaired) electrons. The number of nitrogens with one attached hydrogen (secondary N) is 5. The second-order valence-corrected chi connectivity index (χ2v) is 29.3. The van der Waals surface area contributed by atoms with Gasteiger partial charge in [-0.05, 0) is 77.5 Å². The zero-order chi connectivity index (χ0) is 74.8. The van der Waals surface area contributed by atoms with Crippen LogP contribution in [-0.2, 0) is 120 Å². The molecule has 4 aromatic heterocycles. The van der Waals surface area contributed by atoms with Crippen molar-refractivity contribution in [3.05, 3.63) is 201 Å². The molecule has 3 aromatic carbocycles. The molecule has 25 nitrogen and oxygen atoms in total. The quantitative estimate of drug-likeness (QED) is 0.0344. The van der Waals surface area contributed by atoms with Crippen molar-refractivity contribution >= 4 is 70.3 Å². The molecule has 0 saturated carbocycles. The van der Waals surface area contributed by atoms with Crippen LogP contribution in [0.3, 0.4) is 0 Å². The number of methoxy groups -OCH3 is 4. The predicted octanol–water partition coefficient (Wildman–Crippen LogP) is 9.41. The highest BCUT2D eigenvalue weighted by atomic mass is 16.7. The van der Waals surface area contributed by atoms with Crippen molar-refractivity contribution in [3.8, 4) is 0 Å². The molecule has 2 unspecified atom stereocenters. The third-order valence-corrected chi connectivity index (χ3v) is 18.4. The average Bonchev–Trinajstić information content (AvgIpc) is 1.58. The molecule has 25 heteroatoms. The molecular formula is C78H94N12O13. The number of carbonyl (C=O) groups excluding carboxylic acids is 7. The molecule has 4 aliphatic rings. The summed E-state index contributed by atoms with van der Waals surface area (Å²) in [5, 5.41) is 23.9. The van der Waals surface area contributed by atoms with Gasteiger partial charge in [-0.25, -0.2) is 9.97 Å². The van der Waals surface area contributed by atoms with E-state index in [0.29, 0.717) is 61.8 Å². The highest BCUT2D eigenvalue weighted by Gasteiger charge is 2.53. The van der Waals surface area contributed by atoms with Crippen LogP contribution in [0.4, 0.5) is 23.0 Å². The Labute approximate surface area is 601 Å². The van der Waals surface area contributed by atoms with Gasteiger partial charge in [-0.2, -0.15) is 0 Å². The van der Waals surface area contributed by atoms with Crippen LogP contribution in [0, 0.1) is 16.2 Å². The van der Waals surface area contributed by atoms with Crippen LogP contribution in [0.2, 0.25) is 0 Å². The first-order valence-corrected chi connectivity index (χ1v) is 34.0. The SMILES string of the molecule is CNCc1ccccc1CN(CC(=O)Nc1cnc2c(c1)CC1(C2)C(=O)Nc2ncccc21)C(=O)C(C)(C)C.COC(OC)c1ccccc1CN(CC(=O)Nc1cnc2c(c1)CC1(C2)C(=O)Nc2ncccc21)C(=O)C(C)(C)C.COC(OC)c1ccccc1CN(CC(=O)O)C(=O)C(C)(C)C. The van der Waals surface area contributed by atoms with E-state index in [1.165, 1.54) is 19.1 Å². The first-order chi connectivity index (χ1) is 48.9. The second-order valence-electron chi connectivity index (χ2n) is 29.3. The molecule has 7 amide bonds. The van der Waals surface area contributed by atoms with Crippen LogP contribution >= 0.6 is 0 Å². The van der Waals surface area contributed by atoms with E-state index in [1.54, 1.807) is 69.6 Å². The highest BCUT2D eigenvalue weighted by Crippen LogP contribution is 2.48. The zero-order valence-electron chi connectivity index (χ0n) is 61.1. The molecule has 0 saturated heterocycles. The van der Waals surface area contributed by atoms with E-state index in [-0.39, 0.29) is 74.1 Å². The van der Waals surface area contributed by atoms with Crippen LogP contribution < -0.4 is 26.6 Å². The number of nitrogens with zero attached hydrogens (tertiary/aromatic N) is 7. The molecule has 7 aromatic rings. The lowest BCUT2D eigenvalue weighted by Gasteiger charge is -2.30. The fourth-order valence-corrected chi connectivity index (χ4v) is 13.5. The van der Waals surface area contributed by atoms with Crippen LogP contribution in [0.1, 0.15) is 142 Å². The molecule has 2 aliphatic heterocycles. The van der Waals surface area contributed by atoms with Crippen molar-refractivity contribution in [3.63, 3.8) is 0 Å². The molecule has 544 valence electrons. The molecular weight excluding hydrogens is 1310 g/mol. The van der Waals surface area contributed by atoms with Gasteiger partial charge >= 0.3 is 5.97 Å². The molecule has 0 fully saturated rings. The van der Waals surface area contributed by atoms with Crippen LogP contribution in [0.5, 0.6) is 0 Å². The number of ether oxygens (including phenoxy) is 4. The maximum absolute atomic E-state index is 13.4. The van der Waals surface area contributed by atoms with E-state index in [9.17, 15) is 38.4 Å². The summed E-state index contributed by atoms with van der Waals surface area (Å²) in [6.45, 7) is 17.1. The summed E-state index contributed by atoms with van der Waals surface area (Å²) < 4.78 is 21.5. The van der Waals surface area contributed by atoms with Crippen molar-refractivity contribution < 1.29 is 62.4 Å². The smallest absolute Gasteiger partial charge is 0.323 e. The van der Waals surface area contributed by atoms with E-state index in [4.69, 9.17) is 24.1 Å². The number of anilines is 4. The lowest BCUT2D eigenvalue weighted by Crippen LogP contribution is -2.43. The van der Waals surface area contributed by atoms with Crippen molar-refractivity contribution in [1.29, 1.82) is 0 Å². The Morgan fingerprint density at radius 2 is 0.854 bits per heavy atom. The van der Waals surface area contributed by atoms with Gasteiger partial charge in [-0.3, -0.25) is 48.3 Å². The molecule has 103 heavy (non-hydrogen) atoms. The van der Waals surface area contributed by atoms with Gasteiger partial charge in [0, 0.05) is 130 Å². The summed E-state index contributed by atoms with van der Waals surface area (Å²) in [7, 11) is 8.04. The van der Waals surface area contributed by atoms with Crippen molar-refractivity contribution in [2.45, 2.75) is 138 Å².